The second-order valence-electron chi connectivity index (χ2n) is 6.08. The first-order chi connectivity index (χ1) is 9.60. The minimum absolute atomic E-state index is 0.559. The Bertz CT molecular complexity index is 640. The van der Waals surface area contributed by atoms with E-state index in [0.29, 0.717) is 6.54 Å². The lowest BCUT2D eigenvalue weighted by molar-refractivity contribution is 0.403. The fraction of sp³-hybridized carbons (Fsp3) is 0.471. The maximum atomic E-state index is 6.00. The highest BCUT2D eigenvalue weighted by molar-refractivity contribution is 5.64. The summed E-state index contributed by atoms with van der Waals surface area (Å²) in [5.41, 5.74) is 12.1. The lowest BCUT2D eigenvalue weighted by atomic mass is 10.0. The van der Waals surface area contributed by atoms with Crippen molar-refractivity contribution in [1.82, 2.24) is 9.55 Å². The molecule has 1 aromatic carbocycles. The minimum Gasteiger partial charge on any atom is -0.330 e. The van der Waals surface area contributed by atoms with Crippen LogP contribution in [0.5, 0.6) is 0 Å². The van der Waals surface area contributed by atoms with Gasteiger partial charge < -0.3 is 10.3 Å². The predicted octanol–water partition coefficient (Wildman–Crippen LogP) is 3.21. The summed E-state index contributed by atoms with van der Waals surface area (Å²) in [6.45, 7) is 8.21. The second kappa shape index (κ2) is 5.06. The summed E-state index contributed by atoms with van der Waals surface area (Å²) in [5, 5.41) is 0. The zero-order valence-corrected chi connectivity index (χ0v) is 12.6. The third-order valence-electron chi connectivity index (χ3n) is 4.50. The van der Waals surface area contributed by atoms with Gasteiger partial charge in [-0.1, -0.05) is 19.1 Å². The van der Waals surface area contributed by atoms with Crippen LogP contribution in [0, 0.1) is 19.8 Å². The van der Waals surface area contributed by atoms with Crippen LogP contribution in [0.25, 0.3) is 11.3 Å². The number of hydrogen-bond acceptors (Lipinski definition) is 2. The third-order valence-corrected chi connectivity index (χ3v) is 4.50. The number of nitrogens with zero attached hydrogens (tertiary/aromatic N) is 2. The lowest BCUT2D eigenvalue weighted by Crippen LogP contribution is -2.20. The molecule has 2 heterocycles. The van der Waals surface area contributed by atoms with Crippen LogP contribution in [0.4, 0.5) is 0 Å². The number of hydrogen-bond donors (Lipinski definition) is 1. The molecule has 106 valence electrons. The van der Waals surface area contributed by atoms with Crippen molar-refractivity contribution in [2.75, 3.05) is 0 Å². The van der Waals surface area contributed by atoms with E-state index in [2.05, 4.69) is 43.5 Å². The van der Waals surface area contributed by atoms with Gasteiger partial charge in [0.2, 0.25) is 0 Å². The summed E-state index contributed by atoms with van der Waals surface area (Å²) in [6.07, 6.45) is 2.29. The van der Waals surface area contributed by atoms with Crippen molar-refractivity contribution < 1.29 is 0 Å². The Kier molecular flexibility index (Phi) is 3.38. The average Bonchev–Trinajstić information content (AvgIpc) is 2.79. The molecule has 3 rings (SSSR count). The molecule has 2 aromatic rings. The quantitative estimate of drug-likeness (QED) is 0.909. The standard InChI is InChI=1S/C17H23N3/c1-11-6-7-20-15(10-18)17(19-16(20)8-11)14-5-4-12(2)13(3)9-14/h4-5,9,11H,6-8,10,18H2,1-3H3. The number of aryl methyl sites for hydroxylation is 2. The van der Waals surface area contributed by atoms with Gasteiger partial charge in [-0.15, -0.1) is 0 Å². The van der Waals surface area contributed by atoms with Crippen LogP contribution in [-0.4, -0.2) is 9.55 Å². The van der Waals surface area contributed by atoms with E-state index in [0.717, 1.165) is 24.6 Å². The van der Waals surface area contributed by atoms with E-state index in [1.165, 1.54) is 34.6 Å². The highest BCUT2D eigenvalue weighted by Crippen LogP contribution is 2.30. The lowest BCUT2D eigenvalue weighted by Gasteiger charge is -2.21. The van der Waals surface area contributed by atoms with Crippen molar-refractivity contribution in [1.29, 1.82) is 0 Å². The molecule has 0 spiro atoms. The highest BCUT2D eigenvalue weighted by Gasteiger charge is 2.22. The largest absolute Gasteiger partial charge is 0.330 e. The number of benzene rings is 1. The number of imidazole rings is 1. The van der Waals surface area contributed by atoms with E-state index in [1.54, 1.807) is 0 Å². The smallest absolute Gasteiger partial charge is 0.109 e. The molecule has 0 bridgehead atoms. The normalized spacial score (nSPS) is 18.1. The van der Waals surface area contributed by atoms with Crippen LogP contribution in [0.1, 0.15) is 36.0 Å². The van der Waals surface area contributed by atoms with Gasteiger partial charge in [0.05, 0.1) is 11.4 Å². The van der Waals surface area contributed by atoms with E-state index in [-0.39, 0.29) is 0 Å². The van der Waals surface area contributed by atoms with E-state index >= 15 is 0 Å². The summed E-state index contributed by atoms with van der Waals surface area (Å²) in [7, 11) is 0. The van der Waals surface area contributed by atoms with Gasteiger partial charge in [-0.05, 0) is 43.4 Å². The molecule has 0 fully saturated rings. The van der Waals surface area contributed by atoms with Crippen LogP contribution < -0.4 is 5.73 Å². The maximum absolute atomic E-state index is 6.00. The fourth-order valence-electron chi connectivity index (χ4n) is 3.05. The topological polar surface area (TPSA) is 43.8 Å². The molecule has 3 nitrogen and oxygen atoms in total. The number of nitrogens with two attached hydrogens (primary N) is 1. The first-order valence-corrected chi connectivity index (χ1v) is 7.46. The Morgan fingerprint density at radius 1 is 1.30 bits per heavy atom. The first kappa shape index (κ1) is 13.4. The Hall–Kier alpha value is -1.61. The van der Waals surface area contributed by atoms with Gasteiger partial charge in [-0.25, -0.2) is 4.98 Å². The monoisotopic (exact) mass is 269 g/mol. The molecule has 1 unspecified atom stereocenters. The van der Waals surface area contributed by atoms with Crippen LogP contribution in [-0.2, 0) is 19.5 Å². The van der Waals surface area contributed by atoms with E-state index in [4.69, 9.17) is 10.7 Å². The molecule has 0 saturated carbocycles. The molecular weight excluding hydrogens is 246 g/mol. The Balaban J connectivity index is 2.11. The fourth-order valence-corrected chi connectivity index (χ4v) is 3.05. The van der Waals surface area contributed by atoms with Crippen LogP contribution in [0.2, 0.25) is 0 Å². The van der Waals surface area contributed by atoms with Gasteiger partial charge >= 0.3 is 0 Å². The molecule has 0 amide bonds. The van der Waals surface area contributed by atoms with Crippen molar-refractivity contribution in [2.45, 2.75) is 46.7 Å². The van der Waals surface area contributed by atoms with Crippen molar-refractivity contribution >= 4 is 0 Å². The van der Waals surface area contributed by atoms with E-state index in [9.17, 15) is 0 Å². The molecule has 1 aliphatic heterocycles. The summed E-state index contributed by atoms with van der Waals surface area (Å²) < 4.78 is 2.34. The molecule has 1 aromatic heterocycles. The summed E-state index contributed by atoms with van der Waals surface area (Å²) >= 11 is 0. The van der Waals surface area contributed by atoms with E-state index < -0.39 is 0 Å². The number of aromatic nitrogens is 2. The molecule has 0 saturated heterocycles. The zero-order chi connectivity index (χ0) is 14.3. The minimum atomic E-state index is 0.559. The third kappa shape index (κ3) is 2.16. The van der Waals surface area contributed by atoms with Crippen molar-refractivity contribution in [2.24, 2.45) is 11.7 Å². The number of fused-ring (bicyclic) bond motifs is 1. The molecule has 20 heavy (non-hydrogen) atoms. The van der Waals surface area contributed by atoms with E-state index in [1.807, 2.05) is 0 Å². The molecule has 3 heteroatoms. The van der Waals surface area contributed by atoms with Gasteiger partial charge in [0.1, 0.15) is 5.82 Å². The zero-order valence-electron chi connectivity index (χ0n) is 12.6. The molecular formula is C17H23N3. The van der Waals surface area contributed by atoms with Crippen LogP contribution >= 0.6 is 0 Å². The molecule has 0 radical (unpaired) electrons. The van der Waals surface area contributed by atoms with Crippen LogP contribution in [0.15, 0.2) is 18.2 Å². The first-order valence-electron chi connectivity index (χ1n) is 7.46. The van der Waals surface area contributed by atoms with Gasteiger partial charge in [0.25, 0.3) is 0 Å². The second-order valence-corrected chi connectivity index (χ2v) is 6.08. The summed E-state index contributed by atoms with van der Waals surface area (Å²) in [5.74, 6) is 1.93. The molecule has 0 aliphatic carbocycles. The molecule has 1 aliphatic rings. The predicted molar refractivity (Wildman–Crippen MR) is 82.5 cm³/mol. The van der Waals surface area contributed by atoms with Crippen LogP contribution in [0.3, 0.4) is 0 Å². The van der Waals surface area contributed by atoms with Gasteiger partial charge in [-0.3, -0.25) is 0 Å². The average molecular weight is 269 g/mol. The Morgan fingerprint density at radius 3 is 2.80 bits per heavy atom. The number of rotatable bonds is 2. The van der Waals surface area contributed by atoms with Crippen molar-refractivity contribution in [3.05, 3.63) is 40.8 Å². The Morgan fingerprint density at radius 2 is 2.10 bits per heavy atom. The maximum Gasteiger partial charge on any atom is 0.109 e. The highest BCUT2D eigenvalue weighted by atomic mass is 15.1. The summed E-state index contributed by atoms with van der Waals surface area (Å²) in [4.78, 5) is 4.90. The summed E-state index contributed by atoms with van der Waals surface area (Å²) in [6, 6.07) is 6.57. The molecule has 2 N–H and O–H groups in total. The van der Waals surface area contributed by atoms with Crippen molar-refractivity contribution in [3.63, 3.8) is 0 Å². The van der Waals surface area contributed by atoms with Gasteiger partial charge in [0.15, 0.2) is 0 Å². The van der Waals surface area contributed by atoms with Gasteiger partial charge in [-0.2, -0.15) is 0 Å². The molecule has 1 atom stereocenters. The Labute approximate surface area is 120 Å². The van der Waals surface area contributed by atoms with Crippen molar-refractivity contribution in [3.8, 4) is 11.3 Å². The SMILES string of the molecule is Cc1ccc(-c2nc3n(c2CN)CCC(C)C3)cc1C. The van der Waals surface area contributed by atoms with Gasteiger partial charge in [0, 0.05) is 25.1 Å².